The Hall–Kier alpha value is -4.21. The van der Waals surface area contributed by atoms with Crippen LogP contribution >= 0.6 is 0 Å². The summed E-state index contributed by atoms with van der Waals surface area (Å²) in [5.41, 5.74) is 4.52. The molecule has 3 atom stereocenters. The van der Waals surface area contributed by atoms with Crippen molar-refractivity contribution in [2.24, 2.45) is 13.0 Å². The van der Waals surface area contributed by atoms with Crippen molar-refractivity contribution in [2.75, 3.05) is 32.1 Å². The van der Waals surface area contributed by atoms with Crippen molar-refractivity contribution in [1.82, 2.24) is 14.4 Å². The highest BCUT2D eigenvalue weighted by Gasteiger charge is 2.34. The first kappa shape index (κ1) is 29.3. The van der Waals surface area contributed by atoms with Crippen LogP contribution in [0.25, 0.3) is 22.0 Å². The van der Waals surface area contributed by atoms with Crippen LogP contribution in [0.3, 0.4) is 0 Å². The van der Waals surface area contributed by atoms with E-state index in [1.165, 1.54) is 23.1 Å². The number of nitrogens with one attached hydrogen (secondary N) is 1. The van der Waals surface area contributed by atoms with Gasteiger partial charge in [-0.25, -0.2) is 9.18 Å². The average Bonchev–Trinajstić information content (AvgIpc) is 3.28. The summed E-state index contributed by atoms with van der Waals surface area (Å²) in [6, 6.07) is 20.7. The molecule has 0 saturated carbocycles. The summed E-state index contributed by atoms with van der Waals surface area (Å²) in [5.74, 6) is -0.813. The molecule has 2 N–H and O–H groups in total. The van der Waals surface area contributed by atoms with Crippen molar-refractivity contribution in [3.8, 4) is 11.1 Å². The fourth-order valence-electron chi connectivity index (χ4n) is 5.66. The van der Waals surface area contributed by atoms with Crippen molar-refractivity contribution >= 4 is 28.5 Å². The van der Waals surface area contributed by atoms with Gasteiger partial charge >= 0.3 is 6.03 Å². The van der Waals surface area contributed by atoms with Gasteiger partial charge in [-0.15, -0.1) is 0 Å². The Kier molecular flexibility index (Phi) is 8.61. The Morgan fingerprint density at radius 1 is 1.14 bits per heavy atom. The number of rotatable bonds is 5. The van der Waals surface area contributed by atoms with E-state index in [4.69, 9.17) is 4.74 Å². The van der Waals surface area contributed by atoms with Gasteiger partial charge in [0.05, 0.1) is 25.4 Å². The van der Waals surface area contributed by atoms with Crippen LogP contribution < -0.4 is 5.32 Å². The molecule has 3 aromatic carbocycles. The maximum atomic E-state index is 14.4. The van der Waals surface area contributed by atoms with Crippen molar-refractivity contribution in [3.05, 3.63) is 89.9 Å². The van der Waals surface area contributed by atoms with Crippen molar-refractivity contribution < 1.29 is 23.8 Å². The summed E-state index contributed by atoms with van der Waals surface area (Å²) in [6.45, 7) is 4.43. The van der Waals surface area contributed by atoms with Crippen LogP contribution in [0.15, 0.2) is 72.8 Å². The number of amides is 3. The minimum absolute atomic E-state index is 0.176. The summed E-state index contributed by atoms with van der Waals surface area (Å²) in [6.07, 6.45) is -0.444. The van der Waals surface area contributed by atoms with Crippen molar-refractivity contribution in [1.29, 1.82) is 0 Å². The number of anilines is 1. The number of aromatic nitrogens is 1. The quantitative estimate of drug-likeness (QED) is 0.330. The summed E-state index contributed by atoms with van der Waals surface area (Å²) >= 11 is 0. The lowest BCUT2D eigenvalue weighted by Crippen LogP contribution is -2.48. The Bertz CT molecular complexity index is 1600. The molecule has 0 radical (unpaired) electrons. The zero-order valence-electron chi connectivity index (χ0n) is 24.4. The van der Waals surface area contributed by atoms with Crippen LogP contribution in [-0.2, 0) is 18.4 Å². The number of likely N-dealkylation sites (N-methyl/N-ethyl adjacent to an activating group) is 1. The Balaban J connectivity index is 1.53. The molecular formula is C33H37FN4O4. The monoisotopic (exact) mass is 572 g/mol. The van der Waals surface area contributed by atoms with E-state index in [-0.39, 0.29) is 31.6 Å². The predicted octanol–water partition coefficient (Wildman–Crippen LogP) is 5.51. The number of halogens is 1. The largest absolute Gasteiger partial charge is 0.394 e. The highest BCUT2D eigenvalue weighted by Crippen LogP contribution is 2.38. The minimum Gasteiger partial charge on any atom is -0.394 e. The minimum atomic E-state index is -0.448. The molecule has 0 bridgehead atoms. The van der Waals surface area contributed by atoms with Gasteiger partial charge in [0.15, 0.2) is 0 Å². The van der Waals surface area contributed by atoms with Crippen LogP contribution in [-0.4, -0.2) is 70.3 Å². The van der Waals surface area contributed by atoms with Gasteiger partial charge in [0.2, 0.25) is 0 Å². The molecule has 0 unspecified atom stereocenters. The fourth-order valence-corrected chi connectivity index (χ4v) is 5.66. The molecule has 5 rings (SSSR count). The third-order valence-corrected chi connectivity index (χ3v) is 8.10. The van der Waals surface area contributed by atoms with Gasteiger partial charge < -0.3 is 29.5 Å². The van der Waals surface area contributed by atoms with E-state index in [2.05, 4.69) is 5.32 Å². The third kappa shape index (κ3) is 5.75. The lowest BCUT2D eigenvalue weighted by atomic mass is 9.96. The fraction of sp³-hybridized carbons (Fsp3) is 0.333. The summed E-state index contributed by atoms with van der Waals surface area (Å²) < 4.78 is 22.1. The normalized spacial score (nSPS) is 18.1. The average molecular weight is 573 g/mol. The number of hydrogen-bond acceptors (Lipinski definition) is 4. The van der Waals surface area contributed by atoms with E-state index in [0.29, 0.717) is 17.9 Å². The van der Waals surface area contributed by atoms with Gasteiger partial charge in [0, 0.05) is 55.3 Å². The predicted molar refractivity (Wildman–Crippen MR) is 162 cm³/mol. The summed E-state index contributed by atoms with van der Waals surface area (Å²) in [5, 5.41) is 13.9. The number of aryl methyl sites for hydroxylation is 1. The molecule has 0 saturated heterocycles. The Morgan fingerprint density at radius 3 is 2.64 bits per heavy atom. The molecule has 3 amide bonds. The molecule has 1 aliphatic rings. The number of urea groups is 1. The van der Waals surface area contributed by atoms with E-state index < -0.39 is 24.0 Å². The van der Waals surface area contributed by atoms with Crippen LogP contribution in [0.2, 0.25) is 0 Å². The van der Waals surface area contributed by atoms with Crippen LogP contribution in [0, 0.1) is 11.7 Å². The highest BCUT2D eigenvalue weighted by atomic mass is 19.1. The zero-order chi connectivity index (χ0) is 30.0. The smallest absolute Gasteiger partial charge is 0.321 e. The lowest BCUT2D eigenvalue weighted by molar-refractivity contribution is -0.0179. The first-order chi connectivity index (χ1) is 20.2. The van der Waals surface area contributed by atoms with Gasteiger partial charge in [0.1, 0.15) is 11.5 Å². The summed E-state index contributed by atoms with van der Waals surface area (Å²) in [4.78, 5) is 30.7. The van der Waals surface area contributed by atoms with E-state index in [0.717, 1.165) is 27.6 Å². The number of fused-ring (bicyclic) bond motifs is 5. The lowest BCUT2D eigenvalue weighted by Gasteiger charge is -2.35. The SMILES string of the molecule is C[C@H](CO)N1C[C@H](C)[C@H](CN(C)C(=O)Nc2cccc(F)c2)OCc2ccccc2-c2c(n(C)c3ccccc23)C1=O. The zero-order valence-corrected chi connectivity index (χ0v) is 24.4. The second-order valence-corrected chi connectivity index (χ2v) is 11.1. The molecular weight excluding hydrogens is 535 g/mol. The van der Waals surface area contributed by atoms with E-state index in [9.17, 15) is 19.1 Å². The molecule has 0 aliphatic carbocycles. The first-order valence-electron chi connectivity index (χ1n) is 14.2. The molecule has 220 valence electrons. The van der Waals surface area contributed by atoms with Crippen LogP contribution in [0.5, 0.6) is 0 Å². The number of benzene rings is 3. The third-order valence-electron chi connectivity index (χ3n) is 8.10. The highest BCUT2D eigenvalue weighted by molar-refractivity contribution is 6.10. The second kappa shape index (κ2) is 12.3. The van der Waals surface area contributed by atoms with Crippen LogP contribution in [0.4, 0.5) is 14.9 Å². The van der Waals surface area contributed by atoms with Crippen LogP contribution in [0.1, 0.15) is 29.9 Å². The molecule has 8 nitrogen and oxygen atoms in total. The second-order valence-electron chi connectivity index (χ2n) is 11.1. The molecule has 0 fully saturated rings. The number of carbonyl (C=O) groups excluding carboxylic acids is 2. The first-order valence-corrected chi connectivity index (χ1v) is 14.2. The number of aliphatic hydroxyl groups excluding tert-OH is 1. The van der Waals surface area contributed by atoms with Gasteiger partial charge in [-0.05, 0) is 42.3 Å². The molecule has 42 heavy (non-hydrogen) atoms. The van der Waals surface area contributed by atoms with Gasteiger partial charge in [-0.3, -0.25) is 4.79 Å². The number of carbonyl (C=O) groups is 2. The maximum Gasteiger partial charge on any atom is 0.321 e. The Morgan fingerprint density at radius 2 is 1.88 bits per heavy atom. The molecule has 4 aromatic rings. The standard InChI is InChI=1S/C33H37FN4O4/c1-21-17-38(22(2)19-39)32(40)31-30(27-14-7-8-15-28(27)37(31)4)26-13-6-5-10-23(26)20-42-29(21)18-36(3)33(41)35-25-12-9-11-24(34)16-25/h5-16,21-22,29,39H,17-20H2,1-4H3,(H,35,41)/t21-,22+,29-/m0/s1. The number of ether oxygens (including phenoxy) is 1. The number of hydrogen-bond donors (Lipinski definition) is 2. The van der Waals surface area contributed by atoms with Gasteiger partial charge in [-0.2, -0.15) is 0 Å². The van der Waals surface area contributed by atoms with E-state index >= 15 is 0 Å². The molecule has 0 spiro atoms. The Labute approximate surface area is 245 Å². The topological polar surface area (TPSA) is 87.0 Å². The molecule has 2 heterocycles. The van der Waals surface area contributed by atoms with E-state index in [1.54, 1.807) is 18.0 Å². The van der Waals surface area contributed by atoms with E-state index in [1.807, 2.05) is 74.0 Å². The summed E-state index contributed by atoms with van der Waals surface area (Å²) in [7, 11) is 3.56. The van der Waals surface area contributed by atoms with Gasteiger partial charge in [-0.1, -0.05) is 55.5 Å². The van der Waals surface area contributed by atoms with Crippen molar-refractivity contribution in [2.45, 2.75) is 32.6 Å². The number of aliphatic hydroxyl groups is 1. The number of nitrogens with zero attached hydrogens (tertiary/aromatic N) is 3. The molecule has 1 aliphatic heterocycles. The number of para-hydroxylation sites is 1. The molecule has 9 heteroatoms. The van der Waals surface area contributed by atoms with Gasteiger partial charge in [0.25, 0.3) is 5.91 Å². The maximum absolute atomic E-state index is 14.4. The molecule has 1 aromatic heterocycles. The van der Waals surface area contributed by atoms with Crippen molar-refractivity contribution in [3.63, 3.8) is 0 Å².